The SMILES string of the molecule is NC1C2CCC(C2)C1C(=O)NC1CCN(c2ccc(Br)cc2)C1. The average Bonchev–Trinajstić information content (AvgIpc) is 3.24. The highest BCUT2D eigenvalue weighted by atomic mass is 79.9. The summed E-state index contributed by atoms with van der Waals surface area (Å²) in [5, 5.41) is 3.28. The van der Waals surface area contributed by atoms with Crippen molar-refractivity contribution in [2.24, 2.45) is 23.5 Å². The van der Waals surface area contributed by atoms with Gasteiger partial charge in [0.15, 0.2) is 0 Å². The molecule has 2 saturated carbocycles. The number of carbonyl (C=O) groups is 1. The lowest BCUT2D eigenvalue weighted by Gasteiger charge is -2.28. The van der Waals surface area contributed by atoms with Crippen LogP contribution < -0.4 is 16.0 Å². The summed E-state index contributed by atoms with van der Waals surface area (Å²) in [6.07, 6.45) is 4.58. The van der Waals surface area contributed by atoms with Crippen molar-refractivity contribution in [2.75, 3.05) is 18.0 Å². The van der Waals surface area contributed by atoms with Crippen molar-refractivity contribution < 1.29 is 4.79 Å². The molecular weight excluding hydrogens is 354 g/mol. The topological polar surface area (TPSA) is 58.4 Å². The molecule has 2 aliphatic carbocycles. The molecule has 0 radical (unpaired) electrons. The largest absolute Gasteiger partial charge is 0.369 e. The van der Waals surface area contributed by atoms with Crippen LogP contribution in [-0.4, -0.2) is 31.1 Å². The van der Waals surface area contributed by atoms with E-state index in [1.54, 1.807) is 0 Å². The number of hydrogen-bond acceptors (Lipinski definition) is 3. The number of amides is 1. The Bertz CT molecular complexity index is 588. The van der Waals surface area contributed by atoms with Crippen molar-refractivity contribution in [1.82, 2.24) is 5.32 Å². The Labute approximate surface area is 145 Å². The molecule has 5 unspecified atom stereocenters. The van der Waals surface area contributed by atoms with Gasteiger partial charge >= 0.3 is 0 Å². The molecule has 2 bridgehead atoms. The van der Waals surface area contributed by atoms with Gasteiger partial charge in [-0.1, -0.05) is 15.9 Å². The lowest BCUT2D eigenvalue weighted by Crippen LogP contribution is -2.48. The molecule has 4 rings (SSSR count). The highest BCUT2D eigenvalue weighted by Crippen LogP contribution is 2.47. The number of anilines is 1. The molecule has 1 amide bonds. The molecule has 124 valence electrons. The van der Waals surface area contributed by atoms with E-state index in [0.29, 0.717) is 11.8 Å². The normalized spacial score (nSPS) is 35.7. The van der Waals surface area contributed by atoms with Crippen LogP contribution in [-0.2, 0) is 4.79 Å². The van der Waals surface area contributed by atoms with Gasteiger partial charge in [-0.25, -0.2) is 0 Å². The first kappa shape index (κ1) is 15.5. The van der Waals surface area contributed by atoms with E-state index in [-0.39, 0.29) is 23.9 Å². The number of nitrogens with two attached hydrogens (primary N) is 1. The number of rotatable bonds is 3. The van der Waals surface area contributed by atoms with Gasteiger partial charge in [0.2, 0.25) is 5.91 Å². The third-order valence-electron chi connectivity index (χ3n) is 6.01. The third kappa shape index (κ3) is 2.89. The molecule has 0 aromatic heterocycles. The Morgan fingerprint density at radius 2 is 1.91 bits per heavy atom. The molecule has 3 aliphatic rings. The zero-order valence-electron chi connectivity index (χ0n) is 13.2. The van der Waals surface area contributed by atoms with Crippen LogP contribution in [0, 0.1) is 17.8 Å². The maximum absolute atomic E-state index is 12.7. The predicted molar refractivity (Wildman–Crippen MR) is 95.2 cm³/mol. The van der Waals surface area contributed by atoms with Gasteiger partial charge in [-0.3, -0.25) is 4.79 Å². The second kappa shape index (κ2) is 6.10. The lowest BCUT2D eigenvalue weighted by molar-refractivity contribution is -0.127. The molecule has 1 saturated heterocycles. The summed E-state index contributed by atoms with van der Waals surface area (Å²) in [7, 11) is 0. The quantitative estimate of drug-likeness (QED) is 0.850. The fraction of sp³-hybridized carbons (Fsp3) is 0.611. The van der Waals surface area contributed by atoms with Crippen LogP contribution in [0.1, 0.15) is 25.7 Å². The average molecular weight is 378 g/mol. The molecule has 3 fully saturated rings. The minimum Gasteiger partial charge on any atom is -0.369 e. The fourth-order valence-corrected chi connectivity index (χ4v) is 5.05. The molecule has 1 aromatic carbocycles. The number of carbonyl (C=O) groups excluding carboxylic acids is 1. The summed E-state index contributed by atoms with van der Waals surface area (Å²) in [5.74, 6) is 1.36. The number of nitrogens with one attached hydrogen (secondary N) is 1. The van der Waals surface area contributed by atoms with Crippen LogP contribution >= 0.6 is 15.9 Å². The van der Waals surface area contributed by atoms with Crippen molar-refractivity contribution in [3.05, 3.63) is 28.7 Å². The second-order valence-corrected chi connectivity index (χ2v) is 8.27. The van der Waals surface area contributed by atoms with Gasteiger partial charge in [0, 0.05) is 35.3 Å². The van der Waals surface area contributed by atoms with E-state index in [1.165, 1.54) is 18.5 Å². The first-order chi connectivity index (χ1) is 11.1. The van der Waals surface area contributed by atoms with Gasteiger partial charge in [0.1, 0.15) is 0 Å². The Morgan fingerprint density at radius 3 is 2.61 bits per heavy atom. The van der Waals surface area contributed by atoms with Gasteiger partial charge in [-0.15, -0.1) is 0 Å². The molecule has 5 atom stereocenters. The van der Waals surface area contributed by atoms with Crippen LogP contribution in [0.2, 0.25) is 0 Å². The molecule has 1 aliphatic heterocycles. The van der Waals surface area contributed by atoms with E-state index in [9.17, 15) is 4.79 Å². The van der Waals surface area contributed by atoms with Crippen LogP contribution in [0.3, 0.4) is 0 Å². The Morgan fingerprint density at radius 1 is 1.17 bits per heavy atom. The Hall–Kier alpha value is -1.07. The van der Waals surface area contributed by atoms with Gasteiger partial charge in [0.05, 0.1) is 5.92 Å². The standard InChI is InChI=1S/C18H24BrN3O/c19-13-3-5-15(6-4-13)22-8-7-14(10-22)21-18(23)16-11-1-2-12(9-11)17(16)20/h3-6,11-12,14,16-17H,1-2,7-10,20H2,(H,21,23). The summed E-state index contributed by atoms with van der Waals surface area (Å²) in [4.78, 5) is 15.0. The zero-order valence-corrected chi connectivity index (χ0v) is 14.8. The summed E-state index contributed by atoms with van der Waals surface area (Å²) < 4.78 is 1.09. The van der Waals surface area contributed by atoms with Crippen LogP contribution in [0.25, 0.3) is 0 Å². The molecule has 1 aromatic rings. The molecular formula is C18H24BrN3O. The molecule has 4 nitrogen and oxygen atoms in total. The van der Waals surface area contributed by atoms with E-state index in [0.717, 1.165) is 30.4 Å². The highest BCUT2D eigenvalue weighted by Gasteiger charge is 2.49. The van der Waals surface area contributed by atoms with Crippen LogP contribution in [0.4, 0.5) is 5.69 Å². The van der Waals surface area contributed by atoms with Crippen molar-refractivity contribution in [1.29, 1.82) is 0 Å². The zero-order chi connectivity index (χ0) is 16.0. The van der Waals surface area contributed by atoms with Gasteiger partial charge in [-0.2, -0.15) is 0 Å². The van der Waals surface area contributed by atoms with Crippen molar-refractivity contribution in [3.8, 4) is 0 Å². The van der Waals surface area contributed by atoms with Crippen LogP contribution in [0.15, 0.2) is 28.7 Å². The maximum atomic E-state index is 12.7. The first-order valence-electron chi connectivity index (χ1n) is 8.68. The minimum atomic E-state index is 0.0514. The van der Waals surface area contributed by atoms with Crippen molar-refractivity contribution in [2.45, 2.75) is 37.8 Å². The fourth-order valence-electron chi connectivity index (χ4n) is 4.79. The lowest BCUT2D eigenvalue weighted by atomic mass is 9.84. The van der Waals surface area contributed by atoms with Gasteiger partial charge < -0.3 is 16.0 Å². The number of halogens is 1. The second-order valence-electron chi connectivity index (χ2n) is 7.35. The summed E-state index contributed by atoms with van der Waals surface area (Å²) in [6.45, 7) is 1.89. The Balaban J connectivity index is 1.35. The molecule has 1 heterocycles. The number of nitrogens with zero attached hydrogens (tertiary/aromatic N) is 1. The summed E-state index contributed by atoms with van der Waals surface area (Å²) in [6, 6.07) is 8.71. The number of fused-ring (bicyclic) bond motifs is 2. The summed E-state index contributed by atoms with van der Waals surface area (Å²) >= 11 is 3.47. The van der Waals surface area contributed by atoms with E-state index >= 15 is 0 Å². The maximum Gasteiger partial charge on any atom is 0.225 e. The Kier molecular flexibility index (Phi) is 4.10. The van der Waals surface area contributed by atoms with E-state index < -0.39 is 0 Å². The number of benzene rings is 1. The molecule has 5 heteroatoms. The predicted octanol–water partition coefficient (Wildman–Crippen LogP) is 2.52. The minimum absolute atomic E-state index is 0.0514. The first-order valence-corrected chi connectivity index (χ1v) is 9.47. The van der Waals surface area contributed by atoms with Crippen molar-refractivity contribution in [3.63, 3.8) is 0 Å². The third-order valence-corrected chi connectivity index (χ3v) is 6.54. The monoisotopic (exact) mass is 377 g/mol. The van der Waals surface area contributed by atoms with Gasteiger partial charge in [-0.05, 0) is 61.8 Å². The smallest absolute Gasteiger partial charge is 0.225 e. The molecule has 0 spiro atoms. The van der Waals surface area contributed by atoms with Crippen molar-refractivity contribution >= 4 is 27.5 Å². The highest BCUT2D eigenvalue weighted by molar-refractivity contribution is 9.10. The molecule has 3 N–H and O–H groups in total. The van der Waals surface area contributed by atoms with E-state index in [1.807, 2.05) is 0 Å². The molecule has 23 heavy (non-hydrogen) atoms. The van der Waals surface area contributed by atoms with Gasteiger partial charge in [0.25, 0.3) is 0 Å². The van der Waals surface area contributed by atoms with E-state index in [4.69, 9.17) is 5.73 Å². The summed E-state index contributed by atoms with van der Waals surface area (Å²) in [5.41, 5.74) is 7.52. The van der Waals surface area contributed by atoms with E-state index in [2.05, 4.69) is 50.4 Å². The van der Waals surface area contributed by atoms with Crippen LogP contribution in [0.5, 0.6) is 0 Å². The number of hydrogen-bond donors (Lipinski definition) is 2.